The topological polar surface area (TPSA) is 70.7 Å². The fraction of sp³-hybridized carbons (Fsp3) is 0.300. The van der Waals surface area contributed by atoms with Crippen LogP contribution in [0.2, 0.25) is 0 Å². The Morgan fingerprint density at radius 3 is 2.59 bits per heavy atom. The molecule has 2 aromatic carbocycles. The SMILES string of the molecule is O=C(c1n[nH]c2ccccc12)N1CCN(c2ccc3c(c2)OCCO3)CC1. The van der Waals surface area contributed by atoms with Crippen molar-refractivity contribution >= 4 is 22.5 Å². The Balaban J connectivity index is 1.29. The molecule has 7 heteroatoms. The summed E-state index contributed by atoms with van der Waals surface area (Å²) in [6.07, 6.45) is 0. The Labute approximate surface area is 156 Å². The lowest BCUT2D eigenvalue weighted by molar-refractivity contribution is 0.0742. The van der Waals surface area contributed by atoms with E-state index >= 15 is 0 Å². The van der Waals surface area contributed by atoms with E-state index in [0.717, 1.165) is 41.2 Å². The minimum Gasteiger partial charge on any atom is -0.486 e. The predicted octanol–water partition coefficient (Wildman–Crippen LogP) is 2.30. The third kappa shape index (κ3) is 2.85. The summed E-state index contributed by atoms with van der Waals surface area (Å²) in [6, 6.07) is 13.7. The minimum absolute atomic E-state index is 0.0192. The van der Waals surface area contributed by atoms with E-state index in [9.17, 15) is 4.79 Å². The van der Waals surface area contributed by atoms with Crippen LogP contribution in [0.25, 0.3) is 10.9 Å². The van der Waals surface area contributed by atoms with Crippen molar-refractivity contribution in [1.82, 2.24) is 15.1 Å². The van der Waals surface area contributed by atoms with Crippen LogP contribution in [0.4, 0.5) is 5.69 Å². The highest BCUT2D eigenvalue weighted by molar-refractivity contribution is 6.04. The number of fused-ring (bicyclic) bond motifs is 2. The first-order chi connectivity index (χ1) is 13.3. The average molecular weight is 364 g/mol. The first-order valence-electron chi connectivity index (χ1n) is 9.16. The lowest BCUT2D eigenvalue weighted by Crippen LogP contribution is -2.49. The maximum absolute atomic E-state index is 12.9. The molecule has 5 rings (SSSR count). The van der Waals surface area contributed by atoms with Gasteiger partial charge in [0.1, 0.15) is 13.2 Å². The molecule has 1 saturated heterocycles. The van der Waals surface area contributed by atoms with Gasteiger partial charge in [-0.15, -0.1) is 0 Å². The molecule has 2 aliphatic rings. The monoisotopic (exact) mass is 364 g/mol. The molecule has 0 bridgehead atoms. The van der Waals surface area contributed by atoms with Gasteiger partial charge in [0.2, 0.25) is 0 Å². The van der Waals surface area contributed by atoms with Gasteiger partial charge in [-0.3, -0.25) is 9.89 Å². The minimum atomic E-state index is -0.0192. The fourth-order valence-corrected chi connectivity index (χ4v) is 3.67. The summed E-state index contributed by atoms with van der Waals surface area (Å²) in [5.41, 5.74) is 2.48. The summed E-state index contributed by atoms with van der Waals surface area (Å²) in [7, 11) is 0. The van der Waals surface area contributed by atoms with Crippen LogP contribution in [0, 0.1) is 0 Å². The number of aromatic amines is 1. The zero-order valence-electron chi connectivity index (χ0n) is 14.9. The first-order valence-corrected chi connectivity index (χ1v) is 9.16. The number of nitrogens with zero attached hydrogens (tertiary/aromatic N) is 3. The quantitative estimate of drug-likeness (QED) is 0.756. The van der Waals surface area contributed by atoms with Crippen molar-refractivity contribution in [2.24, 2.45) is 0 Å². The zero-order chi connectivity index (χ0) is 18.2. The number of piperazine rings is 1. The van der Waals surface area contributed by atoms with E-state index in [4.69, 9.17) is 9.47 Å². The van der Waals surface area contributed by atoms with Gasteiger partial charge >= 0.3 is 0 Å². The number of nitrogens with one attached hydrogen (secondary N) is 1. The molecule has 0 atom stereocenters. The van der Waals surface area contributed by atoms with Gasteiger partial charge in [-0.05, 0) is 18.2 Å². The number of para-hydroxylation sites is 1. The number of carbonyl (C=O) groups is 1. The average Bonchev–Trinajstić information content (AvgIpc) is 3.17. The van der Waals surface area contributed by atoms with Crippen molar-refractivity contribution in [2.45, 2.75) is 0 Å². The second kappa shape index (κ2) is 6.50. The number of carbonyl (C=O) groups excluding carboxylic acids is 1. The molecule has 0 aliphatic carbocycles. The highest BCUT2D eigenvalue weighted by Gasteiger charge is 2.26. The largest absolute Gasteiger partial charge is 0.486 e. The predicted molar refractivity (Wildman–Crippen MR) is 102 cm³/mol. The first kappa shape index (κ1) is 16.0. The van der Waals surface area contributed by atoms with E-state index in [1.165, 1.54) is 0 Å². The van der Waals surface area contributed by atoms with E-state index in [0.29, 0.717) is 32.0 Å². The number of ether oxygens (including phenoxy) is 2. The van der Waals surface area contributed by atoms with E-state index in [2.05, 4.69) is 15.1 Å². The summed E-state index contributed by atoms with van der Waals surface area (Å²) in [6.45, 7) is 4.04. The standard InChI is InChI=1S/C20H20N4O3/c25-20(19-15-3-1-2-4-16(15)21-22-19)24-9-7-23(8-10-24)14-5-6-17-18(13-14)27-12-11-26-17/h1-6,13H,7-12H2,(H,21,22). The Morgan fingerprint density at radius 1 is 0.963 bits per heavy atom. The Kier molecular flexibility index (Phi) is 3.85. The van der Waals surface area contributed by atoms with Crippen molar-refractivity contribution in [3.8, 4) is 11.5 Å². The smallest absolute Gasteiger partial charge is 0.275 e. The molecule has 1 N–H and O–H groups in total. The summed E-state index contributed by atoms with van der Waals surface area (Å²) >= 11 is 0. The number of H-pyrrole nitrogens is 1. The molecule has 7 nitrogen and oxygen atoms in total. The molecule has 3 aromatic rings. The third-order valence-electron chi connectivity index (χ3n) is 5.13. The molecular formula is C20H20N4O3. The molecule has 1 fully saturated rings. The highest BCUT2D eigenvalue weighted by Crippen LogP contribution is 2.34. The fourth-order valence-electron chi connectivity index (χ4n) is 3.67. The molecule has 1 amide bonds. The number of aromatic nitrogens is 2. The van der Waals surface area contributed by atoms with Crippen molar-refractivity contribution in [1.29, 1.82) is 0 Å². The van der Waals surface area contributed by atoms with Gasteiger partial charge in [0.25, 0.3) is 5.91 Å². The molecule has 0 radical (unpaired) electrons. The van der Waals surface area contributed by atoms with Gasteiger partial charge in [-0.2, -0.15) is 5.10 Å². The van der Waals surface area contributed by atoms with Crippen LogP contribution < -0.4 is 14.4 Å². The highest BCUT2D eigenvalue weighted by atomic mass is 16.6. The van der Waals surface area contributed by atoms with Crippen LogP contribution in [0.5, 0.6) is 11.5 Å². The number of rotatable bonds is 2. The number of benzene rings is 2. The number of anilines is 1. The Hall–Kier alpha value is -3.22. The van der Waals surface area contributed by atoms with Gasteiger partial charge in [0, 0.05) is 43.3 Å². The van der Waals surface area contributed by atoms with E-state index < -0.39 is 0 Å². The van der Waals surface area contributed by atoms with Crippen molar-refractivity contribution in [3.63, 3.8) is 0 Å². The maximum Gasteiger partial charge on any atom is 0.275 e. The van der Waals surface area contributed by atoms with Crippen LogP contribution in [0.3, 0.4) is 0 Å². The van der Waals surface area contributed by atoms with Gasteiger partial charge < -0.3 is 19.3 Å². The molecule has 138 valence electrons. The number of hydrogen-bond acceptors (Lipinski definition) is 5. The van der Waals surface area contributed by atoms with Gasteiger partial charge in [-0.1, -0.05) is 18.2 Å². The molecule has 1 aromatic heterocycles. The van der Waals surface area contributed by atoms with Crippen LogP contribution in [-0.2, 0) is 0 Å². The normalized spacial score (nSPS) is 16.6. The molecule has 2 aliphatic heterocycles. The van der Waals surface area contributed by atoms with Crippen LogP contribution in [0.1, 0.15) is 10.5 Å². The molecule has 0 spiro atoms. The summed E-state index contributed by atoms with van der Waals surface area (Å²) < 4.78 is 11.3. The van der Waals surface area contributed by atoms with Crippen LogP contribution in [-0.4, -0.2) is 60.4 Å². The van der Waals surface area contributed by atoms with Crippen molar-refractivity contribution in [3.05, 3.63) is 48.2 Å². The van der Waals surface area contributed by atoms with Gasteiger partial charge in [0.05, 0.1) is 5.52 Å². The molecule has 0 saturated carbocycles. The molecule has 27 heavy (non-hydrogen) atoms. The lowest BCUT2D eigenvalue weighted by Gasteiger charge is -2.36. The lowest BCUT2D eigenvalue weighted by atomic mass is 10.1. The summed E-state index contributed by atoms with van der Waals surface area (Å²) in [5.74, 6) is 1.57. The van der Waals surface area contributed by atoms with Crippen LogP contribution >= 0.6 is 0 Å². The van der Waals surface area contributed by atoms with Crippen molar-refractivity contribution in [2.75, 3.05) is 44.3 Å². The van der Waals surface area contributed by atoms with E-state index in [1.54, 1.807) is 0 Å². The molecule has 3 heterocycles. The van der Waals surface area contributed by atoms with Gasteiger partial charge in [0.15, 0.2) is 17.2 Å². The third-order valence-corrected chi connectivity index (χ3v) is 5.13. The second-order valence-electron chi connectivity index (χ2n) is 6.73. The zero-order valence-corrected chi connectivity index (χ0v) is 14.9. The van der Waals surface area contributed by atoms with Crippen molar-refractivity contribution < 1.29 is 14.3 Å². The van der Waals surface area contributed by atoms with E-state index in [-0.39, 0.29) is 5.91 Å². The number of hydrogen-bond donors (Lipinski definition) is 1. The van der Waals surface area contributed by atoms with E-state index in [1.807, 2.05) is 47.4 Å². The second-order valence-corrected chi connectivity index (χ2v) is 6.73. The molecule has 0 unspecified atom stereocenters. The molecular weight excluding hydrogens is 344 g/mol. The Morgan fingerprint density at radius 2 is 1.74 bits per heavy atom. The van der Waals surface area contributed by atoms with Crippen LogP contribution in [0.15, 0.2) is 42.5 Å². The summed E-state index contributed by atoms with van der Waals surface area (Å²) in [5, 5.41) is 8.05. The number of amides is 1. The Bertz CT molecular complexity index is 992. The maximum atomic E-state index is 12.9. The van der Waals surface area contributed by atoms with Gasteiger partial charge in [-0.25, -0.2) is 0 Å². The summed E-state index contributed by atoms with van der Waals surface area (Å²) in [4.78, 5) is 17.0.